The van der Waals surface area contributed by atoms with E-state index in [1.165, 1.54) is 24.3 Å². The Morgan fingerprint density at radius 2 is 0.886 bits per heavy atom. The van der Waals surface area contributed by atoms with E-state index >= 15 is 0 Å². The van der Waals surface area contributed by atoms with Gasteiger partial charge >= 0.3 is 11.9 Å². The highest BCUT2D eigenvalue weighted by Crippen LogP contribution is 2.27. The number of carbonyl (C=O) groups excluding carboxylic acids is 2. The minimum atomic E-state index is -2.37. The number of rotatable bonds is 5. The van der Waals surface area contributed by atoms with Gasteiger partial charge in [-0.05, 0) is 47.5 Å². The van der Waals surface area contributed by atoms with Crippen LogP contribution in [-0.2, 0) is 0 Å². The molecule has 4 aromatic carbocycles. The lowest BCUT2D eigenvalue weighted by Crippen LogP contribution is -2.17. The quantitative estimate of drug-likeness (QED) is 0.107. The fraction of sp³-hybridized carbons (Fsp3) is 0. The van der Waals surface area contributed by atoms with Gasteiger partial charge in [0.25, 0.3) is 0 Å². The maximum Gasteiger partial charge on any atom is 0.349 e. The van der Waals surface area contributed by atoms with Crippen molar-refractivity contribution >= 4 is 11.9 Å². The minimum absolute atomic E-state index is 0.184. The van der Waals surface area contributed by atoms with Gasteiger partial charge in [-0.15, -0.1) is 0 Å². The summed E-state index contributed by atoms with van der Waals surface area (Å²) < 4.78 is 77.5. The second kappa shape index (κ2) is 9.76. The first kappa shape index (κ1) is 23.6. The van der Waals surface area contributed by atoms with Crippen LogP contribution in [0.5, 0.6) is 11.5 Å². The Kier molecular flexibility index (Phi) is 6.59. The molecular weight excluding hydrogens is 471 g/mol. The minimum Gasteiger partial charge on any atom is -0.423 e. The maximum atomic E-state index is 13.8. The molecule has 35 heavy (non-hydrogen) atoms. The molecule has 0 bridgehead atoms. The van der Waals surface area contributed by atoms with Crippen molar-refractivity contribution < 1.29 is 41.0 Å². The number of hydrogen-bond acceptors (Lipinski definition) is 4. The standard InChI is InChI=1S/C26H13F5O4/c27-20-19(21(28)23(30)24(31)22(20)29)26(33)35-18-12-8-15(9-13-18)14-6-10-17(11-7-14)34-25(32)16-4-2-1-3-5-16/h1-13H. The molecule has 0 N–H and O–H groups in total. The number of benzene rings is 4. The lowest BCUT2D eigenvalue weighted by Gasteiger charge is -2.09. The molecule has 0 spiro atoms. The molecule has 0 amide bonds. The summed E-state index contributed by atoms with van der Waals surface area (Å²) in [6.45, 7) is 0. The second-order valence-corrected chi connectivity index (χ2v) is 7.14. The van der Waals surface area contributed by atoms with Gasteiger partial charge in [0.15, 0.2) is 23.3 Å². The van der Waals surface area contributed by atoms with Gasteiger partial charge in [0.2, 0.25) is 5.82 Å². The van der Waals surface area contributed by atoms with Gasteiger partial charge in [0.05, 0.1) is 5.56 Å². The smallest absolute Gasteiger partial charge is 0.349 e. The first-order valence-corrected chi connectivity index (χ1v) is 9.97. The fourth-order valence-corrected chi connectivity index (χ4v) is 3.11. The van der Waals surface area contributed by atoms with Crippen LogP contribution in [0.1, 0.15) is 20.7 Å². The van der Waals surface area contributed by atoms with Crippen molar-refractivity contribution in [3.8, 4) is 22.6 Å². The molecule has 4 rings (SSSR count). The van der Waals surface area contributed by atoms with Crippen molar-refractivity contribution in [2.45, 2.75) is 0 Å². The maximum absolute atomic E-state index is 13.8. The molecule has 0 aliphatic carbocycles. The van der Waals surface area contributed by atoms with E-state index in [4.69, 9.17) is 9.47 Å². The van der Waals surface area contributed by atoms with Gasteiger partial charge in [0.1, 0.15) is 17.1 Å². The average Bonchev–Trinajstić information content (AvgIpc) is 2.88. The van der Waals surface area contributed by atoms with Crippen molar-refractivity contribution in [2.75, 3.05) is 0 Å². The molecule has 0 unspecified atom stereocenters. The van der Waals surface area contributed by atoms with Crippen molar-refractivity contribution in [1.82, 2.24) is 0 Å². The zero-order chi connectivity index (χ0) is 25.1. The molecule has 0 radical (unpaired) electrons. The summed E-state index contributed by atoms with van der Waals surface area (Å²) in [5.74, 6) is -13.6. The highest BCUT2D eigenvalue weighted by atomic mass is 19.2. The Morgan fingerprint density at radius 3 is 1.34 bits per heavy atom. The summed E-state index contributed by atoms with van der Waals surface area (Å²) in [5, 5.41) is 0. The molecule has 0 aliphatic rings. The molecule has 4 aromatic rings. The predicted molar refractivity (Wildman–Crippen MR) is 114 cm³/mol. The molecule has 0 heterocycles. The van der Waals surface area contributed by atoms with E-state index in [1.54, 1.807) is 54.6 Å². The lowest BCUT2D eigenvalue weighted by atomic mass is 10.1. The number of hydrogen-bond donors (Lipinski definition) is 0. The Balaban J connectivity index is 1.46. The zero-order valence-electron chi connectivity index (χ0n) is 17.5. The summed E-state index contributed by atoms with van der Waals surface area (Å²) in [6, 6.07) is 20.5. The first-order valence-electron chi connectivity index (χ1n) is 9.97. The fourth-order valence-electron chi connectivity index (χ4n) is 3.11. The van der Waals surface area contributed by atoms with Crippen LogP contribution < -0.4 is 9.47 Å². The number of halogens is 5. The van der Waals surface area contributed by atoms with Crippen LogP contribution in [0.4, 0.5) is 22.0 Å². The predicted octanol–water partition coefficient (Wildman–Crippen LogP) is 6.49. The van der Waals surface area contributed by atoms with E-state index in [2.05, 4.69) is 0 Å². The van der Waals surface area contributed by atoms with E-state index in [1.807, 2.05) is 0 Å². The molecule has 0 fully saturated rings. The lowest BCUT2D eigenvalue weighted by molar-refractivity contribution is 0.0715. The van der Waals surface area contributed by atoms with Gasteiger partial charge in [-0.25, -0.2) is 31.5 Å². The van der Waals surface area contributed by atoms with Gasteiger partial charge in [0, 0.05) is 0 Å². The van der Waals surface area contributed by atoms with Gasteiger partial charge in [-0.2, -0.15) is 0 Å². The summed E-state index contributed by atoms with van der Waals surface area (Å²) in [6.07, 6.45) is 0. The first-order chi connectivity index (χ1) is 16.8. The molecular formula is C26H13F5O4. The summed E-state index contributed by atoms with van der Waals surface area (Å²) in [5.41, 5.74) is 0.0443. The van der Waals surface area contributed by atoms with E-state index in [0.717, 1.165) is 0 Å². The molecule has 0 saturated heterocycles. The summed E-state index contributed by atoms with van der Waals surface area (Å²) in [7, 11) is 0. The van der Waals surface area contributed by atoms with Crippen LogP contribution in [-0.4, -0.2) is 11.9 Å². The van der Waals surface area contributed by atoms with Crippen molar-refractivity contribution in [1.29, 1.82) is 0 Å². The van der Waals surface area contributed by atoms with Crippen LogP contribution in [0.3, 0.4) is 0 Å². The number of carbonyl (C=O) groups is 2. The Hall–Kier alpha value is -4.53. The largest absolute Gasteiger partial charge is 0.423 e. The highest BCUT2D eigenvalue weighted by molar-refractivity contribution is 5.92. The van der Waals surface area contributed by atoms with Gasteiger partial charge < -0.3 is 9.47 Å². The second-order valence-electron chi connectivity index (χ2n) is 7.14. The van der Waals surface area contributed by atoms with E-state index in [9.17, 15) is 31.5 Å². The molecule has 9 heteroatoms. The molecule has 4 nitrogen and oxygen atoms in total. The highest BCUT2D eigenvalue weighted by Gasteiger charge is 2.31. The topological polar surface area (TPSA) is 52.6 Å². The zero-order valence-corrected chi connectivity index (χ0v) is 17.5. The van der Waals surface area contributed by atoms with Crippen LogP contribution >= 0.6 is 0 Å². The Bertz CT molecular complexity index is 1370. The third-order valence-corrected chi connectivity index (χ3v) is 4.89. The van der Waals surface area contributed by atoms with Crippen LogP contribution in [0.2, 0.25) is 0 Å². The molecule has 0 aliphatic heterocycles. The average molecular weight is 484 g/mol. The molecule has 0 aromatic heterocycles. The van der Waals surface area contributed by atoms with Gasteiger partial charge in [-0.3, -0.25) is 0 Å². The van der Waals surface area contributed by atoms with Gasteiger partial charge in [-0.1, -0.05) is 42.5 Å². The van der Waals surface area contributed by atoms with Crippen LogP contribution in [0.15, 0.2) is 78.9 Å². The van der Waals surface area contributed by atoms with Crippen molar-refractivity contribution in [2.24, 2.45) is 0 Å². The normalized spacial score (nSPS) is 10.7. The van der Waals surface area contributed by atoms with E-state index in [0.29, 0.717) is 22.4 Å². The summed E-state index contributed by atoms with van der Waals surface area (Å²) in [4.78, 5) is 24.2. The third-order valence-electron chi connectivity index (χ3n) is 4.89. The van der Waals surface area contributed by atoms with E-state index < -0.39 is 46.6 Å². The van der Waals surface area contributed by atoms with Crippen molar-refractivity contribution in [3.63, 3.8) is 0 Å². The van der Waals surface area contributed by atoms with Crippen molar-refractivity contribution in [3.05, 3.63) is 119 Å². The molecule has 0 atom stereocenters. The van der Waals surface area contributed by atoms with Crippen LogP contribution in [0.25, 0.3) is 11.1 Å². The molecule has 0 saturated carbocycles. The Labute approximate surface area is 195 Å². The number of esters is 2. The Morgan fingerprint density at radius 1 is 0.486 bits per heavy atom. The number of ether oxygens (including phenoxy) is 2. The van der Waals surface area contributed by atoms with Crippen LogP contribution in [0, 0.1) is 29.1 Å². The van der Waals surface area contributed by atoms with E-state index in [-0.39, 0.29) is 5.75 Å². The molecule has 176 valence electrons. The third kappa shape index (κ3) is 4.89. The monoisotopic (exact) mass is 484 g/mol. The SMILES string of the molecule is O=C(Oc1ccc(-c2ccc(OC(=O)c3c(F)c(F)c(F)c(F)c3F)cc2)cc1)c1ccccc1. The summed E-state index contributed by atoms with van der Waals surface area (Å²) >= 11 is 0.